The van der Waals surface area contributed by atoms with Crippen LogP contribution in [0.1, 0.15) is 49.8 Å². The summed E-state index contributed by atoms with van der Waals surface area (Å²) in [6, 6.07) is 1.98. The van der Waals surface area contributed by atoms with E-state index in [0.29, 0.717) is 51.7 Å². The second kappa shape index (κ2) is 8.73. The van der Waals surface area contributed by atoms with E-state index in [9.17, 15) is 14.4 Å². The molecule has 3 fully saturated rings. The minimum Gasteiger partial charge on any atom is -0.381 e. The molecule has 4 aliphatic rings. The highest BCUT2D eigenvalue weighted by atomic mass is 16.5. The van der Waals surface area contributed by atoms with E-state index in [4.69, 9.17) is 4.74 Å². The molecular formula is C23H32N4O4. The minimum atomic E-state index is -0.215. The van der Waals surface area contributed by atoms with Crippen LogP contribution >= 0.6 is 0 Å². The molecule has 0 spiro atoms. The first-order valence-electron chi connectivity index (χ1n) is 11.8. The predicted molar refractivity (Wildman–Crippen MR) is 113 cm³/mol. The summed E-state index contributed by atoms with van der Waals surface area (Å²) < 4.78 is 7.04. The number of nitrogens with zero attached hydrogens (tertiary/aromatic N) is 4. The van der Waals surface area contributed by atoms with Gasteiger partial charge in [0.05, 0.1) is 11.6 Å². The Hall–Kier alpha value is -2.22. The Morgan fingerprint density at radius 3 is 2.65 bits per heavy atom. The molecule has 8 heteroatoms. The van der Waals surface area contributed by atoms with Crippen molar-refractivity contribution in [2.45, 2.75) is 64.0 Å². The number of aromatic nitrogens is 2. The molecule has 5 rings (SSSR count). The van der Waals surface area contributed by atoms with Gasteiger partial charge in [-0.05, 0) is 56.4 Å². The summed E-state index contributed by atoms with van der Waals surface area (Å²) in [5.74, 6) is 0.377. The van der Waals surface area contributed by atoms with Crippen LogP contribution in [0.25, 0.3) is 0 Å². The van der Waals surface area contributed by atoms with E-state index in [0.717, 1.165) is 56.2 Å². The van der Waals surface area contributed by atoms with E-state index in [-0.39, 0.29) is 29.3 Å². The number of hydrogen-bond acceptors (Lipinski definition) is 5. The van der Waals surface area contributed by atoms with Gasteiger partial charge in [-0.2, -0.15) is 5.10 Å². The normalized spacial score (nSPS) is 25.3. The number of fused-ring (bicyclic) bond motifs is 1. The summed E-state index contributed by atoms with van der Waals surface area (Å²) in [7, 11) is 0. The van der Waals surface area contributed by atoms with Gasteiger partial charge in [-0.1, -0.05) is 0 Å². The number of likely N-dealkylation sites (tertiary alicyclic amines) is 2. The van der Waals surface area contributed by atoms with Crippen LogP contribution in [0.15, 0.2) is 10.9 Å². The van der Waals surface area contributed by atoms with Crippen LogP contribution < -0.4 is 5.56 Å². The molecule has 8 nitrogen and oxygen atoms in total. The van der Waals surface area contributed by atoms with E-state index in [1.54, 1.807) is 10.7 Å². The average molecular weight is 429 g/mol. The number of carbonyl (C=O) groups excluding carboxylic acids is 2. The molecule has 0 radical (unpaired) electrons. The molecule has 1 unspecified atom stereocenters. The Morgan fingerprint density at radius 2 is 1.87 bits per heavy atom. The van der Waals surface area contributed by atoms with E-state index in [1.807, 2.05) is 9.80 Å². The van der Waals surface area contributed by atoms with Crippen LogP contribution in [-0.2, 0) is 33.7 Å². The van der Waals surface area contributed by atoms with Crippen molar-refractivity contribution in [3.8, 4) is 0 Å². The molecular weight excluding hydrogens is 396 g/mol. The molecule has 4 heterocycles. The van der Waals surface area contributed by atoms with Crippen molar-refractivity contribution in [1.82, 2.24) is 19.6 Å². The van der Waals surface area contributed by atoms with E-state index in [2.05, 4.69) is 5.10 Å². The molecule has 1 aromatic heterocycles. The fourth-order valence-corrected chi connectivity index (χ4v) is 5.66. The van der Waals surface area contributed by atoms with Crippen LogP contribution in [0.3, 0.4) is 0 Å². The van der Waals surface area contributed by atoms with E-state index < -0.39 is 0 Å². The fourth-order valence-electron chi connectivity index (χ4n) is 5.66. The van der Waals surface area contributed by atoms with Gasteiger partial charge >= 0.3 is 0 Å². The lowest BCUT2D eigenvalue weighted by atomic mass is 9.95. The van der Waals surface area contributed by atoms with Crippen molar-refractivity contribution >= 4 is 11.8 Å². The maximum absolute atomic E-state index is 13.1. The lowest BCUT2D eigenvalue weighted by Gasteiger charge is -2.34. The zero-order valence-electron chi connectivity index (χ0n) is 18.1. The Kier molecular flexibility index (Phi) is 5.82. The number of amides is 2. The Balaban J connectivity index is 1.14. The monoisotopic (exact) mass is 428 g/mol. The number of ether oxygens (including phenoxy) is 1. The summed E-state index contributed by atoms with van der Waals surface area (Å²) >= 11 is 0. The molecule has 1 aliphatic carbocycles. The quantitative estimate of drug-likeness (QED) is 0.714. The summed E-state index contributed by atoms with van der Waals surface area (Å²) in [5, 5.41) is 4.60. The maximum Gasteiger partial charge on any atom is 0.267 e. The van der Waals surface area contributed by atoms with Gasteiger partial charge in [0.25, 0.3) is 5.56 Å². The van der Waals surface area contributed by atoms with Gasteiger partial charge in [0, 0.05) is 57.9 Å². The minimum absolute atomic E-state index is 0.00294. The second-order valence-corrected chi connectivity index (χ2v) is 9.55. The van der Waals surface area contributed by atoms with E-state index in [1.165, 1.54) is 0 Å². The van der Waals surface area contributed by atoms with Crippen LogP contribution in [0.2, 0.25) is 0 Å². The first-order chi connectivity index (χ1) is 15.1. The first kappa shape index (κ1) is 20.7. The van der Waals surface area contributed by atoms with Gasteiger partial charge in [0.2, 0.25) is 11.8 Å². The number of piperidine rings is 1. The summed E-state index contributed by atoms with van der Waals surface area (Å²) in [6.07, 6.45) is 6.85. The Labute approximate surface area is 182 Å². The molecule has 3 aliphatic heterocycles. The maximum atomic E-state index is 13.1. The van der Waals surface area contributed by atoms with Crippen molar-refractivity contribution < 1.29 is 14.3 Å². The zero-order valence-corrected chi connectivity index (χ0v) is 18.1. The fraction of sp³-hybridized carbons (Fsp3) is 0.739. The molecule has 0 aromatic carbocycles. The largest absolute Gasteiger partial charge is 0.381 e. The van der Waals surface area contributed by atoms with Crippen LogP contribution in [-0.4, -0.2) is 70.3 Å². The predicted octanol–water partition coefficient (Wildman–Crippen LogP) is 0.998. The van der Waals surface area contributed by atoms with Crippen LogP contribution in [0.5, 0.6) is 0 Å². The summed E-state index contributed by atoms with van der Waals surface area (Å²) in [6.45, 7) is 3.98. The molecule has 2 amide bonds. The van der Waals surface area contributed by atoms with Crippen molar-refractivity contribution in [3.63, 3.8) is 0 Å². The standard InChI is InChI=1S/C23H32N4O4/c28-21-13-18(15-26(21)19-6-10-31-11-7-19)23(30)25-8-4-16(5-9-25)14-27-22(29)12-17-2-1-3-20(17)24-27/h12,16,18-19H,1-11,13-15H2. The average Bonchev–Trinajstić information content (AvgIpc) is 3.40. The third-order valence-corrected chi connectivity index (χ3v) is 7.52. The molecule has 0 bridgehead atoms. The highest BCUT2D eigenvalue weighted by molar-refractivity contribution is 5.89. The number of rotatable bonds is 4. The van der Waals surface area contributed by atoms with Gasteiger partial charge in [-0.3, -0.25) is 14.4 Å². The zero-order chi connectivity index (χ0) is 21.4. The van der Waals surface area contributed by atoms with Gasteiger partial charge in [-0.25, -0.2) is 4.68 Å². The molecule has 168 valence electrons. The van der Waals surface area contributed by atoms with Gasteiger partial charge in [0.15, 0.2) is 0 Å². The van der Waals surface area contributed by atoms with Crippen molar-refractivity contribution in [3.05, 3.63) is 27.7 Å². The van der Waals surface area contributed by atoms with Crippen LogP contribution in [0, 0.1) is 11.8 Å². The number of hydrogen-bond donors (Lipinski definition) is 0. The van der Waals surface area contributed by atoms with Crippen molar-refractivity contribution in [2.24, 2.45) is 11.8 Å². The number of aryl methyl sites for hydroxylation is 2. The van der Waals surface area contributed by atoms with Crippen molar-refractivity contribution in [2.75, 3.05) is 32.8 Å². The second-order valence-electron chi connectivity index (χ2n) is 9.55. The topological polar surface area (TPSA) is 84.7 Å². The lowest BCUT2D eigenvalue weighted by molar-refractivity contribution is -0.137. The highest BCUT2D eigenvalue weighted by Crippen LogP contribution is 2.28. The SMILES string of the molecule is O=C(C1CC(=O)N(C2CCOCC2)C1)N1CCC(Cn2nc3c(cc2=O)CCC3)CC1. The lowest BCUT2D eigenvalue weighted by Crippen LogP contribution is -2.44. The van der Waals surface area contributed by atoms with Gasteiger partial charge in [0.1, 0.15) is 0 Å². The molecule has 0 saturated carbocycles. The Morgan fingerprint density at radius 1 is 1.10 bits per heavy atom. The third-order valence-electron chi connectivity index (χ3n) is 7.52. The molecule has 3 saturated heterocycles. The first-order valence-corrected chi connectivity index (χ1v) is 11.8. The molecule has 31 heavy (non-hydrogen) atoms. The summed E-state index contributed by atoms with van der Waals surface area (Å²) in [4.78, 5) is 41.8. The number of carbonyl (C=O) groups is 2. The summed E-state index contributed by atoms with van der Waals surface area (Å²) in [5.41, 5.74) is 2.19. The molecule has 1 aromatic rings. The van der Waals surface area contributed by atoms with Crippen LogP contribution in [0.4, 0.5) is 0 Å². The molecule has 0 N–H and O–H groups in total. The van der Waals surface area contributed by atoms with Gasteiger partial charge in [-0.15, -0.1) is 0 Å². The third kappa shape index (κ3) is 4.27. The highest BCUT2D eigenvalue weighted by Gasteiger charge is 2.40. The smallest absolute Gasteiger partial charge is 0.267 e. The van der Waals surface area contributed by atoms with Gasteiger partial charge < -0.3 is 14.5 Å². The Bertz CT molecular complexity index is 899. The molecule has 1 atom stereocenters. The van der Waals surface area contributed by atoms with E-state index >= 15 is 0 Å². The van der Waals surface area contributed by atoms with Crippen molar-refractivity contribution in [1.29, 1.82) is 0 Å².